The number of hydrogen-bond donors (Lipinski definition) is 0. The Morgan fingerprint density at radius 1 is 1.18 bits per heavy atom. The lowest BCUT2D eigenvalue weighted by Gasteiger charge is -2.51. The molecule has 4 heterocycles. The van der Waals surface area contributed by atoms with Gasteiger partial charge in [-0.15, -0.1) is 0 Å². The summed E-state index contributed by atoms with van der Waals surface area (Å²) in [5.74, 6) is 0.184. The molecule has 3 aromatic rings. The van der Waals surface area contributed by atoms with Crippen molar-refractivity contribution in [3.8, 4) is 0 Å². The second-order valence-electron chi connectivity index (χ2n) is 14.3. The predicted octanol–water partition coefficient (Wildman–Crippen LogP) is 7.32. The van der Waals surface area contributed by atoms with E-state index in [-0.39, 0.29) is 57.3 Å². The molecule has 218 valence electrons. The summed E-state index contributed by atoms with van der Waals surface area (Å²) in [5, 5.41) is 4.95. The van der Waals surface area contributed by atoms with Crippen LogP contribution in [0, 0.1) is 36.4 Å². The van der Waals surface area contributed by atoms with Crippen LogP contribution in [-0.2, 0) is 6.42 Å². The third kappa shape index (κ3) is 4.26. The van der Waals surface area contributed by atoms with Crippen LogP contribution in [-0.4, -0.2) is 38.2 Å². The summed E-state index contributed by atoms with van der Waals surface area (Å²) in [7, 11) is 0. The molecule has 1 aromatic carbocycles. The van der Waals surface area contributed by atoms with Gasteiger partial charge in [0.05, 0.1) is 8.44 Å². The molecule has 0 amide bonds. The van der Waals surface area contributed by atoms with E-state index in [0.29, 0.717) is 16.6 Å². The fraction of sp³-hybridized carbons (Fsp3) is 0.667. The summed E-state index contributed by atoms with van der Waals surface area (Å²) in [6.45, 7) is 25.2. The first-order valence-electron chi connectivity index (χ1n) is 15.8. The highest BCUT2D eigenvalue weighted by Gasteiger charge is 2.48. The Hall–Kier alpha value is -2.54. The molecule has 0 N–H and O–H groups in total. The van der Waals surface area contributed by atoms with Crippen LogP contribution in [0.25, 0.3) is 11.0 Å². The highest BCUT2D eigenvalue weighted by atomic mass is 19.1. The van der Waals surface area contributed by atoms with Gasteiger partial charge in [-0.2, -0.15) is 0 Å². The van der Waals surface area contributed by atoms with Gasteiger partial charge in [-0.1, -0.05) is 46.7 Å². The number of rotatable bonds is 4. The van der Waals surface area contributed by atoms with Crippen molar-refractivity contribution >= 4 is 11.0 Å². The lowest BCUT2D eigenvalue weighted by Crippen LogP contribution is -2.56. The van der Waals surface area contributed by atoms with Crippen molar-refractivity contribution in [3.05, 3.63) is 56.6 Å². The molecule has 1 fully saturated rings. The summed E-state index contributed by atoms with van der Waals surface area (Å²) in [4.78, 5) is 21.6. The van der Waals surface area contributed by atoms with Crippen molar-refractivity contribution in [3.63, 3.8) is 0 Å². The van der Waals surface area contributed by atoms with E-state index in [9.17, 15) is 9.18 Å². The van der Waals surface area contributed by atoms with Gasteiger partial charge in [-0.25, -0.2) is 9.37 Å². The number of nitrogens with zero attached hydrogens (tertiary/aromatic N) is 4. The second kappa shape index (κ2) is 9.50. The molecule has 0 radical (unpaired) electrons. The quantitative estimate of drug-likeness (QED) is 0.339. The molecule has 6 nitrogen and oxygen atoms in total. The van der Waals surface area contributed by atoms with Gasteiger partial charge in [0.1, 0.15) is 11.6 Å². The number of benzene rings is 1. The Labute approximate surface area is 241 Å². The SMILES string of the molecule is [2H]c1c(F)c([2H])c2onc(C3CCN(CC(C)c4c(C)nc5n(c4=O)C(C)C(C)(C)C(C)(C)C5)C(C)(C)C3C)c2c1C. The number of piperidine rings is 1. The van der Waals surface area contributed by atoms with Crippen molar-refractivity contribution in [1.29, 1.82) is 0 Å². The summed E-state index contributed by atoms with van der Waals surface area (Å²) >= 11 is 0. The molecule has 7 heteroatoms. The van der Waals surface area contributed by atoms with E-state index in [1.807, 2.05) is 11.5 Å². The smallest absolute Gasteiger partial charge is 0.257 e. The molecule has 2 aromatic heterocycles. The fourth-order valence-electron chi connectivity index (χ4n) is 7.41. The molecule has 0 saturated carbocycles. The van der Waals surface area contributed by atoms with Gasteiger partial charge in [0, 0.05) is 59.1 Å². The van der Waals surface area contributed by atoms with Gasteiger partial charge in [0.2, 0.25) is 0 Å². The molecule has 0 spiro atoms. The Morgan fingerprint density at radius 2 is 1.85 bits per heavy atom. The summed E-state index contributed by atoms with van der Waals surface area (Å²) in [5.41, 5.74) is 2.76. The highest BCUT2D eigenvalue weighted by Crippen LogP contribution is 2.51. The molecule has 5 rings (SSSR count). The molecular formula is C33H47FN4O2. The first kappa shape index (κ1) is 26.4. The van der Waals surface area contributed by atoms with Crippen LogP contribution in [0.3, 0.4) is 0 Å². The van der Waals surface area contributed by atoms with Crippen molar-refractivity contribution in [2.75, 3.05) is 13.1 Å². The van der Waals surface area contributed by atoms with Gasteiger partial charge < -0.3 is 4.52 Å². The second-order valence-corrected chi connectivity index (χ2v) is 14.3. The minimum atomic E-state index is -0.871. The first-order chi connectivity index (χ1) is 19.3. The Balaban J connectivity index is 1.45. The number of fused-ring (bicyclic) bond motifs is 2. The molecule has 0 bridgehead atoms. The molecule has 2 aliphatic heterocycles. The fourth-order valence-corrected chi connectivity index (χ4v) is 7.41. The number of aryl methyl sites for hydroxylation is 2. The number of likely N-dealkylation sites (tertiary alicyclic amines) is 1. The van der Waals surface area contributed by atoms with E-state index in [1.165, 1.54) is 0 Å². The zero-order valence-electron chi connectivity index (χ0n) is 28.1. The van der Waals surface area contributed by atoms with Crippen LogP contribution in [0.15, 0.2) is 21.4 Å². The largest absolute Gasteiger partial charge is 0.356 e. The van der Waals surface area contributed by atoms with Crippen molar-refractivity contribution < 1.29 is 11.7 Å². The van der Waals surface area contributed by atoms with E-state index in [2.05, 4.69) is 72.4 Å². The van der Waals surface area contributed by atoms with Gasteiger partial charge in [-0.05, 0) is 75.9 Å². The topological polar surface area (TPSA) is 64.2 Å². The molecule has 40 heavy (non-hydrogen) atoms. The van der Waals surface area contributed by atoms with Crippen LogP contribution in [0.1, 0.15) is 118 Å². The molecule has 2 aliphatic rings. The van der Waals surface area contributed by atoms with E-state index < -0.39 is 11.9 Å². The Morgan fingerprint density at radius 3 is 2.52 bits per heavy atom. The first-order valence-corrected chi connectivity index (χ1v) is 14.8. The molecule has 1 saturated heterocycles. The minimum Gasteiger partial charge on any atom is -0.356 e. The maximum Gasteiger partial charge on any atom is 0.257 e. The maximum absolute atomic E-state index is 14.4. The zero-order valence-corrected chi connectivity index (χ0v) is 26.1. The minimum absolute atomic E-state index is 0.00841. The Bertz CT molecular complexity index is 1620. The van der Waals surface area contributed by atoms with E-state index >= 15 is 0 Å². The number of aromatic nitrogens is 3. The van der Waals surface area contributed by atoms with Gasteiger partial charge >= 0.3 is 0 Å². The molecule has 4 atom stereocenters. The van der Waals surface area contributed by atoms with Crippen LogP contribution < -0.4 is 5.56 Å². The van der Waals surface area contributed by atoms with Crippen LogP contribution in [0.2, 0.25) is 0 Å². The van der Waals surface area contributed by atoms with Crippen molar-refractivity contribution in [2.45, 2.75) is 112 Å². The third-order valence-electron chi connectivity index (χ3n) is 11.4. The Kier molecular flexibility index (Phi) is 6.26. The average molecular weight is 553 g/mol. The van der Waals surface area contributed by atoms with Gasteiger partial charge in [0.25, 0.3) is 5.56 Å². The van der Waals surface area contributed by atoms with Crippen molar-refractivity contribution in [1.82, 2.24) is 19.6 Å². The van der Waals surface area contributed by atoms with Crippen LogP contribution >= 0.6 is 0 Å². The monoisotopic (exact) mass is 552 g/mol. The number of halogens is 1. The van der Waals surface area contributed by atoms with E-state index in [0.717, 1.165) is 43.0 Å². The highest BCUT2D eigenvalue weighted by molar-refractivity contribution is 5.83. The van der Waals surface area contributed by atoms with Gasteiger partial charge in [-0.3, -0.25) is 14.3 Å². The molecule has 4 unspecified atom stereocenters. The van der Waals surface area contributed by atoms with Crippen LogP contribution in [0.4, 0.5) is 4.39 Å². The number of hydrogen-bond acceptors (Lipinski definition) is 5. The van der Waals surface area contributed by atoms with Crippen molar-refractivity contribution in [2.24, 2.45) is 16.7 Å². The molecular weight excluding hydrogens is 503 g/mol. The van der Waals surface area contributed by atoms with E-state index in [1.54, 1.807) is 6.92 Å². The maximum atomic E-state index is 14.4. The summed E-state index contributed by atoms with van der Waals surface area (Å²) in [6.07, 6.45) is 1.58. The zero-order chi connectivity index (χ0) is 31.3. The molecule has 0 aliphatic carbocycles. The third-order valence-corrected chi connectivity index (χ3v) is 11.4. The van der Waals surface area contributed by atoms with Crippen LogP contribution in [0.5, 0.6) is 0 Å². The predicted molar refractivity (Wildman–Crippen MR) is 159 cm³/mol. The average Bonchev–Trinajstić information content (AvgIpc) is 3.33. The summed E-state index contributed by atoms with van der Waals surface area (Å²) in [6, 6.07) is -0.631. The van der Waals surface area contributed by atoms with E-state index in [4.69, 9.17) is 12.2 Å². The lowest BCUT2D eigenvalue weighted by molar-refractivity contribution is 0.0102. The lowest BCUT2D eigenvalue weighted by atomic mass is 9.60. The standard InChI is InChI=1S/C33H47FN4O2/c1-18-14-23(34)15-25-28(18)29(36-40-25)24-12-13-37(33(10,11)20(24)3)17-19(2)27-21(4)35-26-16-31(6,7)32(8,9)22(5)38(26)30(27)39/h14-15,19-20,22,24H,12-13,16-17H2,1-11H3/i14D,15D. The normalized spacial score (nSPS) is 27.2. The summed E-state index contributed by atoms with van der Waals surface area (Å²) < 4.78 is 38.2. The van der Waals surface area contributed by atoms with Gasteiger partial charge in [0.15, 0.2) is 5.58 Å².